The Balaban J connectivity index is 4.04. The third-order valence-corrected chi connectivity index (χ3v) is 8.42. The van der Waals surface area contributed by atoms with Gasteiger partial charge in [-0.25, -0.2) is 4.57 Å². The van der Waals surface area contributed by atoms with Crippen LogP contribution in [0.4, 0.5) is 0 Å². The number of hydrogen-bond donors (Lipinski definition) is 3. The number of esters is 2. The van der Waals surface area contributed by atoms with Crippen LogP contribution in [0.2, 0.25) is 0 Å². The molecule has 10 heteroatoms. The molecule has 0 aliphatic heterocycles. The van der Waals surface area contributed by atoms with Crippen molar-refractivity contribution in [3.8, 4) is 0 Å². The van der Waals surface area contributed by atoms with Gasteiger partial charge in [0.1, 0.15) is 6.61 Å². The van der Waals surface area contributed by atoms with E-state index in [1.165, 1.54) is 57.8 Å². The third kappa shape index (κ3) is 35.5. The van der Waals surface area contributed by atoms with Crippen LogP contribution in [0.1, 0.15) is 162 Å². The molecule has 0 heterocycles. The Hall–Kier alpha value is -1.77. The molecule has 0 rings (SSSR count). The van der Waals surface area contributed by atoms with Gasteiger partial charge >= 0.3 is 19.8 Å². The number of allylic oxidation sites excluding steroid dienone is 4. The zero-order valence-corrected chi connectivity index (χ0v) is 31.3. The Morgan fingerprint density at radius 3 is 1.79 bits per heavy atom. The molecule has 0 spiro atoms. The first kappa shape index (κ1) is 46.2. The molecule has 0 aromatic carbocycles. The number of rotatable bonds is 33. The Labute approximate surface area is 292 Å². The highest BCUT2D eigenvalue weighted by atomic mass is 31.2. The van der Waals surface area contributed by atoms with E-state index < -0.39 is 38.6 Å². The molecule has 0 aromatic heterocycles. The van der Waals surface area contributed by atoms with Crippen LogP contribution in [0, 0.1) is 5.92 Å². The van der Waals surface area contributed by atoms with Crippen LogP contribution in [-0.2, 0) is 28.2 Å². The molecule has 0 aliphatic rings. The minimum atomic E-state index is -4.77. The van der Waals surface area contributed by atoms with Gasteiger partial charge in [0, 0.05) is 12.8 Å². The van der Waals surface area contributed by atoms with Crippen molar-refractivity contribution in [3.05, 3.63) is 36.5 Å². The van der Waals surface area contributed by atoms with Gasteiger partial charge in [-0.15, -0.1) is 0 Å². The van der Waals surface area contributed by atoms with Gasteiger partial charge < -0.3 is 24.4 Å². The van der Waals surface area contributed by atoms with Crippen molar-refractivity contribution in [2.45, 2.75) is 174 Å². The minimum Gasteiger partial charge on any atom is -0.462 e. The second-order valence-corrected chi connectivity index (χ2v) is 14.4. The topological polar surface area (TPSA) is 140 Å². The molecule has 0 amide bonds. The number of phosphoric acid groups is 1. The summed E-state index contributed by atoms with van der Waals surface area (Å²) in [5.41, 5.74) is 0. The molecule has 0 bridgehead atoms. The fourth-order valence-electron chi connectivity index (χ4n) is 5.12. The van der Waals surface area contributed by atoms with E-state index >= 15 is 0 Å². The average molecular weight is 701 g/mol. The van der Waals surface area contributed by atoms with Gasteiger partial charge in [0.25, 0.3) is 0 Å². The number of ether oxygens (including phenoxy) is 2. The largest absolute Gasteiger partial charge is 0.469 e. The van der Waals surface area contributed by atoms with Gasteiger partial charge in [-0.2, -0.15) is 0 Å². The normalized spacial score (nSPS) is 13.6. The van der Waals surface area contributed by atoms with Gasteiger partial charge in [-0.05, 0) is 44.4 Å². The number of phosphoric ester groups is 1. The number of aliphatic hydroxyl groups is 1. The average Bonchev–Trinajstić information content (AvgIpc) is 3.02. The van der Waals surface area contributed by atoms with E-state index in [0.717, 1.165) is 57.3 Å². The van der Waals surface area contributed by atoms with Crippen molar-refractivity contribution in [3.63, 3.8) is 0 Å². The number of aliphatic hydroxyl groups excluding tert-OH is 1. The lowest BCUT2D eigenvalue weighted by atomic mass is 10.0. The third-order valence-electron chi connectivity index (χ3n) is 7.93. The van der Waals surface area contributed by atoms with Crippen molar-refractivity contribution >= 4 is 19.8 Å². The van der Waals surface area contributed by atoms with E-state index in [4.69, 9.17) is 19.3 Å². The summed E-state index contributed by atoms with van der Waals surface area (Å²) >= 11 is 0. The number of carbonyl (C=O) groups is 2. The van der Waals surface area contributed by atoms with Crippen LogP contribution < -0.4 is 0 Å². The SMILES string of the molecule is CC/C=C/CC(O)/C=C/C=C/CCCCCCCC(=O)O[C@H](COC(=O)CCCCCCCCCCCCCC(C)C)COP(=O)(O)O. The summed E-state index contributed by atoms with van der Waals surface area (Å²) < 4.78 is 26.3. The highest BCUT2D eigenvalue weighted by Crippen LogP contribution is 2.36. The summed E-state index contributed by atoms with van der Waals surface area (Å²) in [6.07, 6.45) is 32.0. The van der Waals surface area contributed by atoms with Crippen molar-refractivity contribution in [2.24, 2.45) is 5.92 Å². The van der Waals surface area contributed by atoms with Crippen LogP contribution in [0.15, 0.2) is 36.5 Å². The molecular formula is C38H69O9P. The van der Waals surface area contributed by atoms with Crippen molar-refractivity contribution in [1.29, 1.82) is 0 Å². The highest BCUT2D eigenvalue weighted by Gasteiger charge is 2.22. The second kappa shape index (κ2) is 32.4. The molecule has 0 fully saturated rings. The highest BCUT2D eigenvalue weighted by molar-refractivity contribution is 7.46. The van der Waals surface area contributed by atoms with Gasteiger partial charge in [-0.3, -0.25) is 14.1 Å². The molecule has 1 unspecified atom stereocenters. The number of unbranched alkanes of at least 4 members (excludes halogenated alkanes) is 15. The molecule has 48 heavy (non-hydrogen) atoms. The maximum absolute atomic E-state index is 12.3. The first-order valence-electron chi connectivity index (χ1n) is 18.7. The Morgan fingerprint density at radius 2 is 1.23 bits per heavy atom. The van der Waals surface area contributed by atoms with Crippen molar-refractivity contribution in [1.82, 2.24) is 0 Å². The first-order chi connectivity index (χ1) is 23.0. The van der Waals surface area contributed by atoms with E-state index in [0.29, 0.717) is 19.3 Å². The fourth-order valence-corrected chi connectivity index (χ4v) is 5.48. The standard InChI is InChI=1S/C38H69O9P/c1-4-5-22-28-35(39)29-24-19-15-11-9-13-17-21-26-31-38(41)47-36(33-46-48(42,43)44)32-45-37(40)30-25-20-16-12-8-6-7-10-14-18-23-27-34(2)3/h5,15,19,22,24,29,34-36,39H,4,6-14,16-18,20-21,23,25-28,30-33H2,1-3H3,(H2,42,43,44)/b19-15+,22-5+,29-24+/t35?,36-/m1/s1. The second-order valence-electron chi connectivity index (χ2n) is 13.2. The molecule has 3 N–H and O–H groups in total. The lowest BCUT2D eigenvalue weighted by Gasteiger charge is -2.18. The maximum Gasteiger partial charge on any atom is 0.469 e. The number of hydrogen-bond acceptors (Lipinski definition) is 7. The summed E-state index contributed by atoms with van der Waals surface area (Å²) in [5.74, 6) is -0.134. The van der Waals surface area contributed by atoms with Crippen LogP contribution >= 0.6 is 7.82 Å². The summed E-state index contributed by atoms with van der Waals surface area (Å²) in [6.45, 7) is 5.76. The van der Waals surface area contributed by atoms with E-state index in [2.05, 4.69) is 31.4 Å². The zero-order chi connectivity index (χ0) is 35.7. The molecule has 0 aromatic rings. The van der Waals surface area contributed by atoms with E-state index in [-0.39, 0.29) is 19.4 Å². The Bertz CT molecular complexity index is 910. The number of carbonyl (C=O) groups excluding carboxylic acids is 2. The minimum absolute atomic E-state index is 0.166. The lowest BCUT2D eigenvalue weighted by Crippen LogP contribution is -2.29. The van der Waals surface area contributed by atoms with Crippen molar-refractivity contribution in [2.75, 3.05) is 13.2 Å². The molecule has 0 aliphatic carbocycles. The lowest BCUT2D eigenvalue weighted by molar-refractivity contribution is -0.161. The maximum atomic E-state index is 12.3. The Kier molecular flexibility index (Phi) is 31.2. The van der Waals surface area contributed by atoms with Crippen LogP contribution in [0.3, 0.4) is 0 Å². The van der Waals surface area contributed by atoms with Crippen LogP contribution in [-0.4, -0.2) is 52.3 Å². The monoisotopic (exact) mass is 700 g/mol. The van der Waals surface area contributed by atoms with Gasteiger partial charge in [0.15, 0.2) is 6.10 Å². The van der Waals surface area contributed by atoms with Crippen molar-refractivity contribution < 1.29 is 43.0 Å². The Morgan fingerprint density at radius 1 is 0.688 bits per heavy atom. The molecular weight excluding hydrogens is 631 g/mol. The van der Waals surface area contributed by atoms with E-state index in [1.54, 1.807) is 6.08 Å². The van der Waals surface area contributed by atoms with E-state index in [9.17, 15) is 19.3 Å². The molecule has 2 atom stereocenters. The van der Waals surface area contributed by atoms with Gasteiger partial charge in [-0.1, -0.05) is 147 Å². The predicted molar refractivity (Wildman–Crippen MR) is 194 cm³/mol. The summed E-state index contributed by atoms with van der Waals surface area (Å²) in [7, 11) is -4.77. The van der Waals surface area contributed by atoms with Crippen LogP contribution in [0.5, 0.6) is 0 Å². The summed E-state index contributed by atoms with van der Waals surface area (Å²) in [4.78, 5) is 42.7. The predicted octanol–water partition coefficient (Wildman–Crippen LogP) is 9.84. The zero-order valence-electron chi connectivity index (χ0n) is 30.4. The van der Waals surface area contributed by atoms with Crippen LogP contribution in [0.25, 0.3) is 0 Å². The van der Waals surface area contributed by atoms with E-state index in [1.807, 2.05) is 24.3 Å². The van der Waals surface area contributed by atoms with Gasteiger partial charge in [0.2, 0.25) is 0 Å². The molecule has 9 nitrogen and oxygen atoms in total. The summed E-state index contributed by atoms with van der Waals surface area (Å²) in [6, 6.07) is 0. The molecule has 0 saturated carbocycles. The molecule has 0 radical (unpaired) electrons. The summed E-state index contributed by atoms with van der Waals surface area (Å²) in [5, 5.41) is 9.83. The fraction of sp³-hybridized carbons (Fsp3) is 0.789. The quantitative estimate of drug-likeness (QED) is 0.0201. The first-order valence-corrected chi connectivity index (χ1v) is 20.3. The molecule has 280 valence electrons. The van der Waals surface area contributed by atoms with Gasteiger partial charge in [0.05, 0.1) is 12.7 Å². The smallest absolute Gasteiger partial charge is 0.462 e. The molecule has 0 saturated heterocycles.